The van der Waals surface area contributed by atoms with Crippen molar-refractivity contribution in [2.24, 2.45) is 5.92 Å². The molecule has 0 aromatic heterocycles. The Hall–Kier alpha value is 0.421. The third-order valence-corrected chi connectivity index (χ3v) is 1.00. The molecule has 0 heterocycles. The Morgan fingerprint density at radius 3 is 1.45 bits per heavy atom. The molecule has 4 nitrogen and oxygen atoms in total. The summed E-state index contributed by atoms with van der Waals surface area (Å²) in [5.41, 5.74) is 0. The third kappa shape index (κ3) is 6.80. The average Bonchev–Trinajstić information content (AvgIpc) is 1.64. The molecule has 0 aliphatic heterocycles. The Morgan fingerprint density at radius 1 is 1.18 bits per heavy atom. The number of aliphatic carboxylic acids is 2. The van der Waals surface area contributed by atoms with Crippen molar-refractivity contribution in [2.75, 3.05) is 0 Å². The summed E-state index contributed by atoms with van der Waals surface area (Å²) in [6, 6.07) is 0. The number of rotatable bonds is 3. The molecule has 0 atom stereocenters. The zero-order chi connectivity index (χ0) is 7.44. The van der Waals surface area contributed by atoms with Gasteiger partial charge in [0.05, 0.1) is 0 Å². The van der Waals surface area contributed by atoms with Gasteiger partial charge in [-0.15, -0.1) is 0 Å². The summed E-state index contributed by atoms with van der Waals surface area (Å²) in [6.45, 7) is 1.52. The molecule has 0 saturated heterocycles. The van der Waals surface area contributed by atoms with E-state index in [0.717, 1.165) is 0 Å². The van der Waals surface area contributed by atoms with Gasteiger partial charge in [-0.2, -0.15) is 0 Å². The molecule has 0 aliphatic carbocycles. The molecule has 0 aromatic carbocycles. The molecule has 0 saturated carbocycles. The first kappa shape index (κ1) is 17.5. The zero-order valence-electron chi connectivity index (χ0n) is 5.60. The van der Waals surface area contributed by atoms with E-state index in [1.54, 1.807) is 0 Å². The summed E-state index contributed by atoms with van der Waals surface area (Å²) in [5.74, 6) is -3.79. The van der Waals surface area contributed by atoms with Crippen LogP contribution in [0.5, 0.6) is 0 Å². The van der Waals surface area contributed by atoms with Crippen molar-refractivity contribution in [3.63, 3.8) is 0 Å². The van der Waals surface area contributed by atoms with Gasteiger partial charge in [-0.25, -0.2) is 0 Å². The van der Waals surface area contributed by atoms with E-state index in [4.69, 9.17) is 10.2 Å². The van der Waals surface area contributed by atoms with Crippen LogP contribution >= 0.6 is 0 Å². The Bertz CT molecular complexity index is 122. The Labute approximate surface area is 95.4 Å². The number of hydrogen-bond acceptors (Lipinski definition) is 2. The molecule has 11 heavy (non-hydrogen) atoms. The molecule has 0 aliphatic rings. The Morgan fingerprint density at radius 2 is 1.45 bits per heavy atom. The summed E-state index contributed by atoms with van der Waals surface area (Å²) >= 11 is 0. The van der Waals surface area contributed by atoms with Crippen LogP contribution in [0, 0.1) is 5.92 Å². The fourth-order valence-electron chi connectivity index (χ4n) is 0.455. The van der Waals surface area contributed by atoms with E-state index in [2.05, 4.69) is 0 Å². The van der Waals surface area contributed by atoms with Crippen molar-refractivity contribution in [1.29, 1.82) is 0 Å². The molecule has 0 aromatic rings. The fraction of sp³-hybridized carbons (Fsp3) is 0.600. The number of carboxylic acid groups (broad SMARTS) is 2. The van der Waals surface area contributed by atoms with Gasteiger partial charge < -0.3 is 10.2 Å². The van der Waals surface area contributed by atoms with Gasteiger partial charge in [-0.3, -0.25) is 9.59 Å². The monoisotopic (exact) mass is 346 g/mol. The van der Waals surface area contributed by atoms with Gasteiger partial charge in [0, 0.05) is 44.8 Å². The predicted molar refractivity (Wildman–Crippen MR) is 29.1 cm³/mol. The molecule has 0 amide bonds. The largest absolute Gasteiger partial charge is 0.481 e. The summed E-state index contributed by atoms with van der Waals surface area (Å²) in [4.78, 5) is 20.0. The molecule has 0 unspecified atom stereocenters. The van der Waals surface area contributed by atoms with Gasteiger partial charge in [0.2, 0.25) is 0 Å². The molecular formula is C5H8Ag2O4. The topological polar surface area (TPSA) is 74.6 Å². The molecular weight excluding hydrogens is 340 g/mol. The quantitative estimate of drug-likeness (QED) is 0.564. The zero-order valence-corrected chi connectivity index (χ0v) is 8.56. The maximum absolute atomic E-state index is 9.99. The van der Waals surface area contributed by atoms with Crippen LogP contribution in [0.2, 0.25) is 0 Å². The maximum Gasteiger partial charge on any atom is 0.317 e. The molecule has 6 heteroatoms. The predicted octanol–water partition coefficient (Wildman–Crippen LogP) is 0.177. The third-order valence-electron chi connectivity index (χ3n) is 1.00. The second-order valence-electron chi connectivity index (χ2n) is 1.64. The van der Waals surface area contributed by atoms with E-state index in [1.165, 1.54) is 6.92 Å². The normalized spacial score (nSPS) is 7.82. The van der Waals surface area contributed by atoms with Crippen molar-refractivity contribution in [3.8, 4) is 0 Å². The van der Waals surface area contributed by atoms with Gasteiger partial charge in [0.25, 0.3) is 0 Å². The average molecular weight is 348 g/mol. The van der Waals surface area contributed by atoms with E-state index in [0.29, 0.717) is 0 Å². The van der Waals surface area contributed by atoms with Gasteiger partial charge >= 0.3 is 11.9 Å². The first-order valence-corrected chi connectivity index (χ1v) is 2.55. The minimum Gasteiger partial charge on any atom is -0.481 e. The van der Waals surface area contributed by atoms with E-state index in [1.807, 2.05) is 0 Å². The smallest absolute Gasteiger partial charge is 0.317 e. The van der Waals surface area contributed by atoms with Crippen LogP contribution in [0.4, 0.5) is 0 Å². The number of carbonyl (C=O) groups is 2. The molecule has 74 valence electrons. The first-order chi connectivity index (χ1) is 4.09. The first-order valence-electron chi connectivity index (χ1n) is 2.55. The van der Waals surface area contributed by atoms with E-state index in [-0.39, 0.29) is 51.2 Å². The fourth-order valence-corrected chi connectivity index (χ4v) is 0.455. The van der Waals surface area contributed by atoms with E-state index in [9.17, 15) is 9.59 Å². The van der Waals surface area contributed by atoms with E-state index < -0.39 is 17.9 Å². The van der Waals surface area contributed by atoms with Crippen molar-refractivity contribution in [1.82, 2.24) is 0 Å². The standard InChI is InChI=1S/C5H8O4.2Ag/c1-2-3(4(6)7)5(8)9;;/h3H,2H2,1H3,(H,6,7)(H,8,9);;. The van der Waals surface area contributed by atoms with E-state index >= 15 is 0 Å². The second-order valence-corrected chi connectivity index (χ2v) is 1.64. The summed E-state index contributed by atoms with van der Waals surface area (Å²) in [6.07, 6.45) is 0.130. The molecule has 0 fully saturated rings. The van der Waals surface area contributed by atoms with Crippen LogP contribution in [0.1, 0.15) is 13.3 Å². The number of hydrogen-bond donors (Lipinski definition) is 2. The maximum atomic E-state index is 9.99. The van der Waals surface area contributed by atoms with Crippen LogP contribution < -0.4 is 0 Å². The van der Waals surface area contributed by atoms with Crippen molar-refractivity contribution in [3.05, 3.63) is 0 Å². The van der Waals surface area contributed by atoms with Crippen molar-refractivity contribution in [2.45, 2.75) is 13.3 Å². The minimum atomic E-state index is -1.27. The minimum absolute atomic E-state index is 0. The molecule has 2 N–H and O–H groups in total. The number of carboxylic acids is 2. The Balaban J connectivity index is -0.000000320. The van der Waals surface area contributed by atoms with Crippen LogP contribution in [0.25, 0.3) is 0 Å². The molecule has 0 spiro atoms. The van der Waals surface area contributed by atoms with Gasteiger partial charge in [0.15, 0.2) is 5.92 Å². The summed E-state index contributed by atoms with van der Waals surface area (Å²) in [7, 11) is 0. The molecule has 0 rings (SSSR count). The summed E-state index contributed by atoms with van der Waals surface area (Å²) in [5, 5.41) is 16.3. The van der Waals surface area contributed by atoms with Crippen LogP contribution in [-0.2, 0) is 54.3 Å². The summed E-state index contributed by atoms with van der Waals surface area (Å²) < 4.78 is 0. The Kier molecular flexibility index (Phi) is 13.5. The van der Waals surface area contributed by atoms with Crippen LogP contribution in [0.15, 0.2) is 0 Å². The van der Waals surface area contributed by atoms with Crippen molar-refractivity contribution < 1.29 is 64.6 Å². The van der Waals surface area contributed by atoms with Crippen molar-refractivity contribution >= 4 is 11.9 Å². The van der Waals surface area contributed by atoms with Crippen LogP contribution in [0.3, 0.4) is 0 Å². The second kappa shape index (κ2) is 8.52. The van der Waals surface area contributed by atoms with Gasteiger partial charge in [-0.1, -0.05) is 6.92 Å². The van der Waals surface area contributed by atoms with Gasteiger partial charge in [0.1, 0.15) is 0 Å². The SMILES string of the molecule is CCC(C(=O)O)C(=O)O.[Ag].[Ag]. The molecule has 0 bridgehead atoms. The van der Waals surface area contributed by atoms with Crippen LogP contribution in [-0.4, -0.2) is 22.2 Å². The van der Waals surface area contributed by atoms with Gasteiger partial charge in [-0.05, 0) is 6.42 Å². The molecule has 2 radical (unpaired) electrons.